The number of carbonyl (C=O) groups excluding carboxylic acids is 1. The Balaban J connectivity index is 2.42. The Labute approximate surface area is 138 Å². The molecule has 0 saturated heterocycles. The highest BCUT2D eigenvalue weighted by Gasteiger charge is 2.20. The maximum absolute atomic E-state index is 12.1. The minimum atomic E-state index is -0.990. The van der Waals surface area contributed by atoms with Crippen LogP contribution < -0.4 is 10.9 Å². The first-order chi connectivity index (χ1) is 11.9. The van der Waals surface area contributed by atoms with Gasteiger partial charge in [0.1, 0.15) is 0 Å². The number of ether oxygens (including phenoxy) is 1. The molecule has 2 heterocycles. The normalized spacial score (nSPS) is 14.6. The molecule has 0 aliphatic rings. The molecule has 0 fully saturated rings. The van der Waals surface area contributed by atoms with Gasteiger partial charge in [-0.3, -0.25) is 24.5 Å². The van der Waals surface area contributed by atoms with E-state index in [-0.39, 0.29) is 35.8 Å². The molecule has 1 amide bonds. The van der Waals surface area contributed by atoms with Gasteiger partial charge in [0.05, 0.1) is 25.6 Å². The van der Waals surface area contributed by atoms with Gasteiger partial charge in [-0.25, -0.2) is 4.98 Å². The number of aromatic amines is 1. The first-order valence-corrected chi connectivity index (χ1v) is 7.35. The monoisotopic (exact) mass is 340 g/mol. The second kappa shape index (κ2) is 7.51. The Bertz CT molecular complexity index is 786. The Kier molecular flexibility index (Phi) is 5.18. The number of hydrogen-bond donors (Lipinski definition) is 4. The van der Waals surface area contributed by atoms with Crippen LogP contribution in [0.1, 0.15) is 28.3 Å². The van der Waals surface area contributed by atoms with Crippen LogP contribution in [0.5, 0.6) is 0 Å². The predicted molar refractivity (Wildman–Crippen MR) is 85.4 cm³/mol. The van der Waals surface area contributed by atoms with Crippen LogP contribution in [0.4, 0.5) is 5.95 Å². The topological polar surface area (TPSA) is 142 Å². The summed E-state index contributed by atoms with van der Waals surface area (Å²) in [6.07, 6.45) is -0.535. The number of H-pyrrole nitrogens is 1. The van der Waals surface area contributed by atoms with Crippen LogP contribution in [-0.2, 0) is 9.53 Å². The van der Waals surface area contributed by atoms with Crippen LogP contribution >= 0.6 is 0 Å². The van der Waals surface area contributed by atoms with Gasteiger partial charge in [0.15, 0.2) is 17.4 Å². The van der Waals surface area contributed by atoms with E-state index in [1.165, 1.54) is 10.9 Å². The Morgan fingerprint density at radius 2 is 2.25 bits per heavy atom. The Hall–Kier alpha value is -2.30. The third kappa shape index (κ3) is 3.78. The molecule has 2 aromatic rings. The molecule has 2 aromatic heterocycles. The summed E-state index contributed by atoms with van der Waals surface area (Å²) in [6, 6.07) is 0. The fourth-order valence-corrected chi connectivity index (χ4v) is 1.92. The second-order valence-corrected chi connectivity index (χ2v) is 5.46. The maximum Gasteiger partial charge on any atom is 0.280 e. The van der Waals surface area contributed by atoms with Gasteiger partial charge >= 0.3 is 0 Å². The lowest BCUT2D eigenvalue weighted by molar-refractivity contribution is -0.118. The van der Waals surface area contributed by atoms with Crippen molar-refractivity contribution in [3.05, 3.63) is 16.7 Å². The van der Waals surface area contributed by atoms with Crippen LogP contribution in [0, 0.1) is 5.92 Å². The minimum absolute atomic E-state index is 0.0102. The number of imidazole rings is 1. The third-order valence-corrected chi connectivity index (χ3v) is 3.22. The van der Waals surface area contributed by atoms with Crippen LogP contribution in [-0.4, -0.2) is 55.0 Å². The van der Waals surface area contributed by atoms with E-state index in [2.05, 4.69) is 20.3 Å². The summed E-state index contributed by atoms with van der Waals surface area (Å²) in [6.45, 7) is 2.31. The van der Waals surface area contributed by atoms with Crippen LogP contribution in [0.2, 0.25) is 0 Å². The van der Waals surface area contributed by atoms with E-state index in [0.29, 0.717) is 0 Å². The summed E-state index contributed by atoms with van der Waals surface area (Å²) in [5.74, 6) is -0.672. The molecule has 0 aromatic carbocycles. The average Bonchev–Trinajstić information content (AvgIpc) is 3.00. The van der Waals surface area contributed by atoms with E-state index in [4.69, 9.17) is 11.2 Å². The molecule has 10 heteroatoms. The van der Waals surface area contributed by atoms with Gasteiger partial charge in [0, 0.05) is 7.29 Å². The van der Waals surface area contributed by atoms with E-state index in [1.54, 1.807) is 13.8 Å². The van der Waals surface area contributed by atoms with Crippen molar-refractivity contribution in [2.45, 2.75) is 33.1 Å². The van der Waals surface area contributed by atoms with Gasteiger partial charge in [-0.05, 0) is 6.90 Å². The van der Waals surface area contributed by atoms with Crippen molar-refractivity contribution in [3.8, 4) is 0 Å². The number of fused-ring (bicyclic) bond motifs is 1. The van der Waals surface area contributed by atoms with E-state index in [0.717, 1.165) is 0 Å². The second-order valence-electron chi connectivity index (χ2n) is 5.46. The van der Waals surface area contributed by atoms with Crippen LogP contribution in [0.15, 0.2) is 11.1 Å². The van der Waals surface area contributed by atoms with Gasteiger partial charge in [0.25, 0.3) is 5.56 Å². The lowest BCUT2D eigenvalue weighted by atomic mass is 10.2. The molecule has 24 heavy (non-hydrogen) atoms. The number of aromatic nitrogens is 4. The summed E-state index contributed by atoms with van der Waals surface area (Å²) < 4.78 is 14.1. The first-order valence-electron chi connectivity index (χ1n) is 8.06. The fraction of sp³-hybridized carbons (Fsp3) is 0.571. The molecule has 4 N–H and O–H groups in total. The average molecular weight is 340 g/mol. The molecule has 0 spiro atoms. The van der Waals surface area contributed by atoms with Crippen LogP contribution in [0.3, 0.4) is 0 Å². The van der Waals surface area contributed by atoms with E-state index < -0.39 is 31.1 Å². The molecule has 0 aliphatic heterocycles. The zero-order chi connectivity index (χ0) is 18.6. The number of anilines is 1. The predicted octanol–water partition coefficient (Wildman–Crippen LogP) is -0.398. The molecular weight excluding hydrogens is 318 g/mol. The number of nitrogens with one attached hydrogen (secondary N) is 2. The van der Waals surface area contributed by atoms with Gasteiger partial charge in [-0.2, -0.15) is 4.98 Å². The molecule has 0 radical (unpaired) electrons. The molecule has 0 saturated carbocycles. The maximum atomic E-state index is 12.1. The summed E-state index contributed by atoms with van der Waals surface area (Å²) in [5.41, 5.74) is -0.446. The first kappa shape index (κ1) is 16.6. The van der Waals surface area contributed by atoms with E-state index in [1.807, 2.05) is 0 Å². The quantitative estimate of drug-likeness (QED) is 0.537. The summed E-state index contributed by atoms with van der Waals surface area (Å²) in [4.78, 5) is 34.4. The Morgan fingerprint density at radius 3 is 2.83 bits per heavy atom. The molecule has 2 atom stereocenters. The number of rotatable bonds is 7. The molecule has 0 unspecified atom stereocenters. The van der Waals surface area contributed by atoms with E-state index in [9.17, 15) is 14.7 Å². The van der Waals surface area contributed by atoms with Crippen molar-refractivity contribution in [2.24, 2.45) is 5.92 Å². The number of aliphatic hydroxyl groups is 2. The summed E-state index contributed by atoms with van der Waals surface area (Å²) >= 11 is 0. The largest absolute Gasteiger partial charge is 0.394 e. The highest BCUT2D eigenvalue weighted by Crippen LogP contribution is 2.17. The van der Waals surface area contributed by atoms with Gasteiger partial charge in [0.2, 0.25) is 11.9 Å². The SMILES string of the molecule is [2H]C[C@H](CO)O[C@H](CO)n1cnc2c(=O)[nH]c(NC(=O)C(C)C)nc21. The molecule has 2 rings (SSSR count). The van der Waals surface area contributed by atoms with E-state index >= 15 is 0 Å². The zero-order valence-corrected chi connectivity index (χ0v) is 13.4. The zero-order valence-electron chi connectivity index (χ0n) is 14.4. The van der Waals surface area contributed by atoms with Crippen molar-refractivity contribution < 1.29 is 21.1 Å². The van der Waals surface area contributed by atoms with Crippen molar-refractivity contribution in [2.75, 3.05) is 18.5 Å². The number of nitrogens with zero attached hydrogens (tertiary/aromatic N) is 3. The number of carbonyl (C=O) groups is 1. The number of amides is 1. The van der Waals surface area contributed by atoms with Crippen molar-refractivity contribution >= 4 is 23.0 Å². The summed E-state index contributed by atoms with van der Waals surface area (Å²) in [7, 11) is 0. The molecule has 0 aliphatic carbocycles. The third-order valence-electron chi connectivity index (χ3n) is 3.22. The molecular formula is C14H21N5O5. The van der Waals surface area contributed by atoms with Gasteiger partial charge < -0.3 is 14.9 Å². The Morgan fingerprint density at radius 1 is 1.50 bits per heavy atom. The number of hydrogen-bond acceptors (Lipinski definition) is 7. The lowest BCUT2D eigenvalue weighted by Gasteiger charge is -2.20. The van der Waals surface area contributed by atoms with Crippen LogP contribution in [0.25, 0.3) is 11.2 Å². The standard InChI is InChI=1S/C14H21N5O5/c1-7(2)12(22)17-14-16-11-10(13(23)18-14)15-6-19(11)9(5-21)24-8(3)4-20/h6-9,20-21H,4-5H2,1-3H3,(H2,16,17,18,22,23)/t8-,9-/m1/s1/i3D. The smallest absolute Gasteiger partial charge is 0.280 e. The van der Waals surface area contributed by atoms with Crippen molar-refractivity contribution in [3.63, 3.8) is 0 Å². The lowest BCUT2D eigenvalue weighted by Crippen LogP contribution is -2.25. The molecule has 132 valence electrons. The van der Waals surface area contributed by atoms with Gasteiger partial charge in [-0.15, -0.1) is 0 Å². The van der Waals surface area contributed by atoms with Crippen molar-refractivity contribution in [1.82, 2.24) is 19.5 Å². The minimum Gasteiger partial charge on any atom is -0.394 e. The molecule has 10 nitrogen and oxygen atoms in total. The number of aliphatic hydroxyl groups excluding tert-OH is 2. The molecule has 0 bridgehead atoms. The highest BCUT2D eigenvalue weighted by atomic mass is 16.5. The summed E-state index contributed by atoms with van der Waals surface area (Å²) in [5, 5.41) is 21.2. The highest BCUT2D eigenvalue weighted by molar-refractivity contribution is 5.91. The fourth-order valence-electron chi connectivity index (χ4n) is 1.92. The van der Waals surface area contributed by atoms with Crippen molar-refractivity contribution in [1.29, 1.82) is 0 Å². The van der Waals surface area contributed by atoms with Gasteiger partial charge in [-0.1, -0.05) is 13.8 Å².